The van der Waals surface area contributed by atoms with Crippen LogP contribution in [0.3, 0.4) is 0 Å². The molecule has 3 rings (SSSR count). The molecule has 0 spiro atoms. The van der Waals surface area contributed by atoms with Gasteiger partial charge in [0, 0.05) is 18.0 Å². The zero-order chi connectivity index (χ0) is 19.6. The summed E-state index contributed by atoms with van der Waals surface area (Å²) in [6, 6.07) is 13.3. The van der Waals surface area contributed by atoms with E-state index in [1.165, 1.54) is 46.3 Å². The third kappa shape index (κ3) is 4.00. The zero-order valence-electron chi connectivity index (χ0n) is 17.6. The molecule has 2 heteroatoms. The maximum Gasteiger partial charge on any atom is 0.144 e. The van der Waals surface area contributed by atoms with Crippen LogP contribution in [0.4, 0.5) is 0 Å². The van der Waals surface area contributed by atoms with Crippen LogP contribution in [0.15, 0.2) is 48.8 Å². The van der Waals surface area contributed by atoms with Crippen LogP contribution in [-0.2, 0) is 11.8 Å². The molecule has 0 aliphatic heterocycles. The van der Waals surface area contributed by atoms with Crippen molar-refractivity contribution in [3.63, 3.8) is 0 Å². The summed E-state index contributed by atoms with van der Waals surface area (Å²) in [5.74, 6) is 1.02. The summed E-state index contributed by atoms with van der Waals surface area (Å²) in [4.78, 5) is 4.75. The Balaban J connectivity index is 2.13. The van der Waals surface area contributed by atoms with E-state index in [4.69, 9.17) is 4.98 Å². The van der Waals surface area contributed by atoms with Crippen molar-refractivity contribution in [3.8, 4) is 17.1 Å². The minimum absolute atomic E-state index is 0.0709. The molecule has 0 atom stereocenters. The highest BCUT2D eigenvalue weighted by Gasteiger charge is 2.21. The van der Waals surface area contributed by atoms with Crippen LogP contribution in [0.1, 0.15) is 62.8 Å². The van der Waals surface area contributed by atoms with Crippen molar-refractivity contribution < 1.29 is 0 Å². The van der Waals surface area contributed by atoms with Crippen LogP contribution in [0.2, 0.25) is 0 Å². The number of imidazole rings is 1. The van der Waals surface area contributed by atoms with Gasteiger partial charge in [-0.15, -0.1) is 0 Å². The van der Waals surface area contributed by atoms with E-state index in [0.29, 0.717) is 0 Å². The van der Waals surface area contributed by atoms with E-state index in [-0.39, 0.29) is 5.41 Å². The van der Waals surface area contributed by atoms with Gasteiger partial charge in [-0.25, -0.2) is 4.98 Å². The van der Waals surface area contributed by atoms with Crippen molar-refractivity contribution in [1.29, 1.82) is 0 Å². The Kier molecular flexibility index (Phi) is 5.55. The largest absolute Gasteiger partial charge is 0.299 e. The summed E-state index contributed by atoms with van der Waals surface area (Å²) in [6.07, 6.45) is 7.64. The van der Waals surface area contributed by atoms with Crippen LogP contribution < -0.4 is 0 Å². The monoisotopic (exact) mass is 360 g/mol. The van der Waals surface area contributed by atoms with Crippen molar-refractivity contribution in [1.82, 2.24) is 9.55 Å². The summed E-state index contributed by atoms with van der Waals surface area (Å²) < 4.78 is 2.26. The molecule has 0 N–H and O–H groups in total. The molecule has 1 aromatic heterocycles. The molecular weight excluding hydrogens is 328 g/mol. The Bertz CT molecular complexity index is 902. The fourth-order valence-electron chi connectivity index (χ4n) is 3.97. The van der Waals surface area contributed by atoms with E-state index in [2.05, 4.69) is 88.7 Å². The van der Waals surface area contributed by atoms with Gasteiger partial charge in [-0.3, -0.25) is 4.57 Å². The van der Waals surface area contributed by atoms with Gasteiger partial charge in [-0.1, -0.05) is 70.5 Å². The smallest absolute Gasteiger partial charge is 0.144 e. The molecule has 0 radical (unpaired) electrons. The minimum atomic E-state index is 0.0709. The predicted octanol–water partition coefficient (Wildman–Crippen LogP) is 6.80. The maximum atomic E-state index is 4.75. The zero-order valence-corrected chi connectivity index (χ0v) is 17.6. The highest BCUT2D eigenvalue weighted by molar-refractivity contribution is 5.66. The van der Waals surface area contributed by atoms with E-state index in [0.717, 1.165) is 12.2 Å². The number of rotatable bonds is 5. The van der Waals surface area contributed by atoms with Gasteiger partial charge >= 0.3 is 0 Å². The molecule has 0 unspecified atom stereocenters. The van der Waals surface area contributed by atoms with Gasteiger partial charge in [-0.2, -0.15) is 0 Å². The number of aryl methyl sites for hydroxylation is 3. The maximum absolute atomic E-state index is 4.75. The Morgan fingerprint density at radius 3 is 2.30 bits per heavy atom. The topological polar surface area (TPSA) is 17.8 Å². The lowest BCUT2D eigenvalue weighted by molar-refractivity contribution is 0.591. The SMILES string of the molecule is CCCCc1cc(C)c(-n2ccnc2-c2ccccc2C(C)(C)C)c(C)c1. The second-order valence-electron chi connectivity index (χ2n) is 8.60. The highest BCUT2D eigenvalue weighted by Crippen LogP contribution is 2.34. The van der Waals surface area contributed by atoms with E-state index >= 15 is 0 Å². The summed E-state index contributed by atoms with van der Waals surface area (Å²) >= 11 is 0. The summed E-state index contributed by atoms with van der Waals surface area (Å²) in [7, 11) is 0. The average Bonchev–Trinajstić information content (AvgIpc) is 3.08. The summed E-state index contributed by atoms with van der Waals surface area (Å²) in [6.45, 7) is 13.5. The lowest BCUT2D eigenvalue weighted by Gasteiger charge is -2.23. The van der Waals surface area contributed by atoms with Gasteiger partial charge in [-0.05, 0) is 54.4 Å². The van der Waals surface area contributed by atoms with Crippen LogP contribution in [0.25, 0.3) is 17.1 Å². The second-order valence-corrected chi connectivity index (χ2v) is 8.60. The summed E-state index contributed by atoms with van der Waals surface area (Å²) in [5, 5.41) is 0. The number of hydrogen-bond acceptors (Lipinski definition) is 1. The molecule has 3 aromatic rings. The van der Waals surface area contributed by atoms with E-state index in [1.807, 2.05) is 6.20 Å². The molecule has 0 aliphatic carbocycles. The average molecular weight is 361 g/mol. The number of benzene rings is 2. The Hall–Kier alpha value is -2.35. The number of aromatic nitrogens is 2. The lowest BCUT2D eigenvalue weighted by Crippen LogP contribution is -2.14. The molecule has 0 saturated heterocycles. The molecule has 27 heavy (non-hydrogen) atoms. The molecule has 142 valence electrons. The lowest BCUT2D eigenvalue weighted by atomic mass is 9.83. The number of unbranched alkanes of at least 4 members (excludes halogenated alkanes) is 1. The van der Waals surface area contributed by atoms with Crippen LogP contribution in [-0.4, -0.2) is 9.55 Å². The number of nitrogens with zero attached hydrogens (tertiary/aromatic N) is 2. The molecule has 0 amide bonds. The second kappa shape index (κ2) is 7.72. The van der Waals surface area contributed by atoms with E-state index in [9.17, 15) is 0 Å². The van der Waals surface area contributed by atoms with Crippen molar-refractivity contribution >= 4 is 0 Å². The van der Waals surface area contributed by atoms with Crippen LogP contribution in [0, 0.1) is 13.8 Å². The third-order valence-corrected chi connectivity index (χ3v) is 5.23. The van der Waals surface area contributed by atoms with Gasteiger partial charge in [0.2, 0.25) is 0 Å². The number of hydrogen-bond donors (Lipinski definition) is 0. The molecule has 1 heterocycles. The first-order chi connectivity index (χ1) is 12.8. The molecule has 0 bridgehead atoms. The Morgan fingerprint density at radius 1 is 1.00 bits per heavy atom. The van der Waals surface area contributed by atoms with Crippen molar-refractivity contribution in [2.24, 2.45) is 0 Å². The Labute approximate surface area is 164 Å². The molecule has 2 aromatic carbocycles. The van der Waals surface area contributed by atoms with Gasteiger partial charge in [0.25, 0.3) is 0 Å². The van der Waals surface area contributed by atoms with E-state index < -0.39 is 0 Å². The quantitative estimate of drug-likeness (QED) is 0.489. The van der Waals surface area contributed by atoms with Gasteiger partial charge in [0.15, 0.2) is 0 Å². The normalized spacial score (nSPS) is 11.8. The predicted molar refractivity (Wildman–Crippen MR) is 116 cm³/mol. The first kappa shape index (κ1) is 19.4. The molecule has 0 fully saturated rings. The van der Waals surface area contributed by atoms with Gasteiger partial charge in [0.1, 0.15) is 5.82 Å². The van der Waals surface area contributed by atoms with Crippen LogP contribution in [0.5, 0.6) is 0 Å². The highest BCUT2D eigenvalue weighted by atomic mass is 15.1. The molecule has 2 nitrogen and oxygen atoms in total. The molecular formula is C25H32N2. The first-order valence-electron chi connectivity index (χ1n) is 10.1. The standard InChI is InChI=1S/C25H32N2/c1-7-8-11-20-16-18(2)23(19(3)17-20)27-15-14-26-24(27)21-12-9-10-13-22(21)25(4,5)6/h9-10,12-17H,7-8,11H2,1-6H3. The van der Waals surface area contributed by atoms with Gasteiger partial charge < -0.3 is 0 Å². The van der Waals surface area contributed by atoms with E-state index in [1.54, 1.807) is 0 Å². The van der Waals surface area contributed by atoms with Crippen LogP contribution >= 0.6 is 0 Å². The summed E-state index contributed by atoms with van der Waals surface area (Å²) in [5.41, 5.74) is 7.93. The molecule has 0 aliphatic rings. The van der Waals surface area contributed by atoms with Crippen molar-refractivity contribution in [2.45, 2.75) is 66.2 Å². The molecule has 0 saturated carbocycles. The Morgan fingerprint density at radius 2 is 1.67 bits per heavy atom. The fourth-order valence-corrected chi connectivity index (χ4v) is 3.97. The first-order valence-corrected chi connectivity index (χ1v) is 10.1. The fraction of sp³-hybridized carbons (Fsp3) is 0.400. The minimum Gasteiger partial charge on any atom is -0.299 e. The van der Waals surface area contributed by atoms with Gasteiger partial charge in [0.05, 0.1) is 5.69 Å². The van der Waals surface area contributed by atoms with Crippen molar-refractivity contribution in [3.05, 3.63) is 71.0 Å². The third-order valence-electron chi connectivity index (χ3n) is 5.23. The van der Waals surface area contributed by atoms with Crippen molar-refractivity contribution in [2.75, 3.05) is 0 Å².